The highest BCUT2D eigenvalue weighted by molar-refractivity contribution is 7.81. The summed E-state index contributed by atoms with van der Waals surface area (Å²) < 4.78 is 0. The fourth-order valence-corrected chi connectivity index (χ4v) is 1.87. The van der Waals surface area contributed by atoms with Gasteiger partial charge in [-0.3, -0.25) is 9.59 Å². The molecule has 1 aromatic rings. The lowest BCUT2D eigenvalue weighted by molar-refractivity contribution is -0.118. The number of hydrogen-bond donors (Lipinski definition) is 3. The summed E-state index contributed by atoms with van der Waals surface area (Å²) in [6.07, 6.45) is 3.05. The van der Waals surface area contributed by atoms with E-state index in [4.69, 9.17) is 11.6 Å². The van der Waals surface area contributed by atoms with Crippen LogP contribution < -0.4 is 10.6 Å². The maximum Gasteiger partial charge on any atom is 0.229 e. The molecule has 0 bridgehead atoms. The van der Waals surface area contributed by atoms with Crippen LogP contribution in [0.3, 0.4) is 0 Å². The van der Waals surface area contributed by atoms with E-state index < -0.39 is 0 Å². The molecule has 0 heterocycles. The number of unbranched alkanes of at least 4 members (excludes halogenated alkanes) is 2. The standard InChI is InChI=1S/C14H19ClN2O2S/c15-11-5-7-12(8-6-11)17-13(18)4-2-1-3-9-16-14(19)10-20/h5-8,20H,1-4,9-10H2,(H,16,19)(H,17,18). The lowest BCUT2D eigenvalue weighted by Crippen LogP contribution is -2.25. The van der Waals surface area contributed by atoms with E-state index in [9.17, 15) is 9.59 Å². The minimum Gasteiger partial charge on any atom is -0.355 e. The first-order valence-electron chi connectivity index (χ1n) is 6.55. The summed E-state index contributed by atoms with van der Waals surface area (Å²) in [6, 6.07) is 7.02. The largest absolute Gasteiger partial charge is 0.355 e. The maximum absolute atomic E-state index is 11.7. The molecule has 6 heteroatoms. The van der Waals surface area contributed by atoms with E-state index in [1.807, 2.05) is 0 Å². The Hall–Kier alpha value is -1.20. The molecule has 0 fully saturated rings. The predicted octanol–water partition coefficient (Wildman–Crippen LogP) is 2.88. The Balaban J connectivity index is 2.08. The molecule has 0 radical (unpaired) electrons. The van der Waals surface area contributed by atoms with Gasteiger partial charge < -0.3 is 10.6 Å². The molecule has 0 aliphatic rings. The number of amides is 2. The first-order chi connectivity index (χ1) is 9.61. The van der Waals surface area contributed by atoms with E-state index in [0.29, 0.717) is 18.0 Å². The molecule has 0 spiro atoms. The number of benzene rings is 1. The van der Waals surface area contributed by atoms with Crippen molar-refractivity contribution in [3.05, 3.63) is 29.3 Å². The fourth-order valence-electron chi connectivity index (χ4n) is 1.63. The Bertz CT molecular complexity index is 437. The van der Waals surface area contributed by atoms with E-state index in [-0.39, 0.29) is 17.6 Å². The number of carbonyl (C=O) groups excluding carboxylic acids is 2. The molecule has 4 nitrogen and oxygen atoms in total. The van der Waals surface area contributed by atoms with Gasteiger partial charge in [-0.15, -0.1) is 0 Å². The second kappa shape index (κ2) is 9.66. The molecular formula is C14H19ClN2O2S. The zero-order valence-electron chi connectivity index (χ0n) is 11.2. The van der Waals surface area contributed by atoms with Crippen molar-refractivity contribution in [3.63, 3.8) is 0 Å². The van der Waals surface area contributed by atoms with Crippen molar-refractivity contribution in [2.45, 2.75) is 25.7 Å². The van der Waals surface area contributed by atoms with Crippen molar-refractivity contribution in [3.8, 4) is 0 Å². The molecule has 0 atom stereocenters. The van der Waals surface area contributed by atoms with Crippen LogP contribution in [0.25, 0.3) is 0 Å². The van der Waals surface area contributed by atoms with Crippen LogP contribution >= 0.6 is 24.2 Å². The fraction of sp³-hybridized carbons (Fsp3) is 0.429. The van der Waals surface area contributed by atoms with E-state index in [1.54, 1.807) is 24.3 Å². The molecule has 2 N–H and O–H groups in total. The van der Waals surface area contributed by atoms with Crippen molar-refractivity contribution in [1.29, 1.82) is 0 Å². The van der Waals surface area contributed by atoms with E-state index >= 15 is 0 Å². The summed E-state index contributed by atoms with van der Waals surface area (Å²) in [4.78, 5) is 22.6. The third-order valence-electron chi connectivity index (χ3n) is 2.67. The average molecular weight is 315 g/mol. The van der Waals surface area contributed by atoms with Crippen LogP contribution in [0.4, 0.5) is 5.69 Å². The maximum atomic E-state index is 11.7. The monoisotopic (exact) mass is 314 g/mol. The minimum atomic E-state index is -0.0613. The van der Waals surface area contributed by atoms with Gasteiger partial charge in [-0.2, -0.15) is 12.6 Å². The third-order valence-corrected chi connectivity index (χ3v) is 3.21. The van der Waals surface area contributed by atoms with E-state index in [1.165, 1.54) is 0 Å². The van der Waals surface area contributed by atoms with Crippen LogP contribution in [0, 0.1) is 0 Å². The molecule has 0 aliphatic heterocycles. The first-order valence-corrected chi connectivity index (χ1v) is 7.56. The topological polar surface area (TPSA) is 58.2 Å². The van der Waals surface area contributed by atoms with Crippen LogP contribution in [0.15, 0.2) is 24.3 Å². The number of rotatable bonds is 8. The highest BCUT2D eigenvalue weighted by Crippen LogP contribution is 2.13. The molecule has 2 amide bonds. The summed E-state index contributed by atoms with van der Waals surface area (Å²) in [5.74, 6) is 0.143. The molecular weight excluding hydrogens is 296 g/mol. The number of carbonyl (C=O) groups is 2. The Labute approximate surface area is 129 Å². The Morgan fingerprint density at radius 2 is 1.75 bits per heavy atom. The Morgan fingerprint density at radius 1 is 1.05 bits per heavy atom. The number of halogens is 1. The molecule has 0 aliphatic carbocycles. The van der Waals surface area contributed by atoms with Gasteiger partial charge in [-0.05, 0) is 37.1 Å². The van der Waals surface area contributed by atoms with Crippen molar-refractivity contribution >= 4 is 41.7 Å². The molecule has 110 valence electrons. The van der Waals surface area contributed by atoms with E-state index in [2.05, 4.69) is 23.3 Å². The van der Waals surface area contributed by atoms with Gasteiger partial charge in [0.1, 0.15) is 0 Å². The molecule has 0 unspecified atom stereocenters. The Morgan fingerprint density at radius 3 is 2.40 bits per heavy atom. The highest BCUT2D eigenvalue weighted by atomic mass is 35.5. The molecule has 0 saturated carbocycles. The van der Waals surface area contributed by atoms with Crippen LogP contribution in [-0.2, 0) is 9.59 Å². The zero-order valence-corrected chi connectivity index (χ0v) is 12.8. The van der Waals surface area contributed by atoms with Gasteiger partial charge in [0.2, 0.25) is 11.8 Å². The number of nitrogens with one attached hydrogen (secondary N) is 2. The van der Waals surface area contributed by atoms with Gasteiger partial charge in [0.05, 0.1) is 5.75 Å². The average Bonchev–Trinajstić information content (AvgIpc) is 2.44. The van der Waals surface area contributed by atoms with Crippen molar-refractivity contribution in [2.24, 2.45) is 0 Å². The molecule has 0 aromatic heterocycles. The smallest absolute Gasteiger partial charge is 0.229 e. The summed E-state index contributed by atoms with van der Waals surface area (Å²) in [5.41, 5.74) is 0.750. The number of hydrogen-bond acceptors (Lipinski definition) is 3. The quantitative estimate of drug-likeness (QED) is 0.510. The van der Waals surface area contributed by atoms with E-state index in [0.717, 1.165) is 24.9 Å². The van der Waals surface area contributed by atoms with Crippen molar-refractivity contribution in [2.75, 3.05) is 17.6 Å². The third kappa shape index (κ3) is 7.40. The lowest BCUT2D eigenvalue weighted by atomic mass is 10.2. The van der Waals surface area contributed by atoms with Gasteiger partial charge in [0.25, 0.3) is 0 Å². The molecule has 1 rings (SSSR count). The second-order valence-electron chi connectivity index (χ2n) is 4.37. The SMILES string of the molecule is O=C(CS)NCCCCCC(=O)Nc1ccc(Cl)cc1. The number of anilines is 1. The van der Waals surface area contributed by atoms with Gasteiger partial charge >= 0.3 is 0 Å². The summed E-state index contributed by atoms with van der Waals surface area (Å²) in [7, 11) is 0. The molecule has 1 aromatic carbocycles. The summed E-state index contributed by atoms with van der Waals surface area (Å²) >= 11 is 9.63. The zero-order chi connectivity index (χ0) is 14.8. The summed E-state index contributed by atoms with van der Waals surface area (Å²) in [5, 5.41) is 6.19. The van der Waals surface area contributed by atoms with Crippen LogP contribution in [0.1, 0.15) is 25.7 Å². The first kappa shape index (κ1) is 16.9. The van der Waals surface area contributed by atoms with Crippen molar-refractivity contribution in [1.82, 2.24) is 5.32 Å². The normalized spacial score (nSPS) is 10.1. The predicted molar refractivity (Wildman–Crippen MR) is 85.4 cm³/mol. The Kier molecular flexibility index (Phi) is 8.14. The highest BCUT2D eigenvalue weighted by Gasteiger charge is 2.02. The minimum absolute atomic E-state index is 0.00767. The van der Waals surface area contributed by atoms with Gasteiger partial charge in [-0.25, -0.2) is 0 Å². The molecule has 0 saturated heterocycles. The second-order valence-corrected chi connectivity index (χ2v) is 5.13. The van der Waals surface area contributed by atoms with Crippen molar-refractivity contribution < 1.29 is 9.59 Å². The van der Waals surface area contributed by atoms with Gasteiger partial charge in [0.15, 0.2) is 0 Å². The van der Waals surface area contributed by atoms with Gasteiger partial charge in [0, 0.05) is 23.7 Å². The summed E-state index contributed by atoms with van der Waals surface area (Å²) in [6.45, 7) is 0.637. The van der Waals surface area contributed by atoms with Crippen LogP contribution in [0.5, 0.6) is 0 Å². The lowest BCUT2D eigenvalue weighted by Gasteiger charge is -2.06. The van der Waals surface area contributed by atoms with Gasteiger partial charge in [-0.1, -0.05) is 18.0 Å². The van der Waals surface area contributed by atoms with Crippen LogP contribution in [0.2, 0.25) is 5.02 Å². The molecule has 20 heavy (non-hydrogen) atoms. The van der Waals surface area contributed by atoms with Crippen LogP contribution in [-0.4, -0.2) is 24.1 Å². The number of thiol groups is 1.